The topological polar surface area (TPSA) is 46.3 Å². The van der Waals surface area contributed by atoms with Gasteiger partial charge in [0.05, 0.1) is 6.04 Å². The monoisotopic (exact) mass is 212 g/mol. The van der Waals surface area contributed by atoms with Crippen molar-refractivity contribution in [1.29, 1.82) is 0 Å². The third-order valence-corrected chi connectivity index (χ3v) is 3.34. The Kier molecular flexibility index (Phi) is 4.58. The third kappa shape index (κ3) is 3.20. The number of likely N-dealkylation sites (tertiary alicyclic amines) is 1. The minimum Gasteiger partial charge on any atom is -0.339 e. The molecule has 1 heterocycles. The number of carbonyl (C=O) groups excluding carboxylic acids is 1. The minimum atomic E-state index is -0.328. The fourth-order valence-corrected chi connectivity index (χ4v) is 2.08. The van der Waals surface area contributed by atoms with E-state index in [2.05, 4.69) is 6.92 Å². The van der Waals surface area contributed by atoms with Gasteiger partial charge in [0.1, 0.15) is 0 Å². The Balaban J connectivity index is 2.63. The van der Waals surface area contributed by atoms with Gasteiger partial charge >= 0.3 is 0 Å². The summed E-state index contributed by atoms with van der Waals surface area (Å²) in [5, 5.41) is 0. The Labute approximate surface area is 93.0 Å². The molecule has 1 amide bonds. The first kappa shape index (κ1) is 12.5. The fraction of sp³-hybridized carbons (Fsp3) is 0.917. The van der Waals surface area contributed by atoms with Crippen molar-refractivity contribution in [3.8, 4) is 0 Å². The lowest BCUT2D eigenvalue weighted by Gasteiger charge is -2.30. The molecular weight excluding hydrogens is 188 g/mol. The zero-order valence-electron chi connectivity index (χ0n) is 10.2. The molecule has 0 saturated carbocycles. The molecule has 1 fully saturated rings. The average molecular weight is 212 g/mol. The Hall–Kier alpha value is -0.570. The van der Waals surface area contributed by atoms with Crippen molar-refractivity contribution < 1.29 is 4.79 Å². The first-order valence-electron chi connectivity index (χ1n) is 6.10. The molecule has 1 unspecified atom stereocenters. The normalized spacial score (nSPS) is 25.1. The van der Waals surface area contributed by atoms with E-state index in [4.69, 9.17) is 5.73 Å². The molecule has 3 nitrogen and oxygen atoms in total. The van der Waals surface area contributed by atoms with Crippen LogP contribution in [0, 0.1) is 5.92 Å². The van der Waals surface area contributed by atoms with Gasteiger partial charge in [0.2, 0.25) is 5.91 Å². The molecular formula is C12H24N2O. The van der Waals surface area contributed by atoms with E-state index in [-0.39, 0.29) is 17.9 Å². The lowest BCUT2D eigenvalue weighted by molar-refractivity contribution is -0.135. The second kappa shape index (κ2) is 5.50. The van der Waals surface area contributed by atoms with Crippen molar-refractivity contribution in [3.63, 3.8) is 0 Å². The van der Waals surface area contributed by atoms with Crippen LogP contribution in [0.3, 0.4) is 0 Å². The van der Waals surface area contributed by atoms with Crippen LogP contribution in [0.5, 0.6) is 0 Å². The highest BCUT2D eigenvalue weighted by Gasteiger charge is 2.27. The van der Waals surface area contributed by atoms with Crippen LogP contribution in [0.2, 0.25) is 0 Å². The van der Waals surface area contributed by atoms with E-state index in [9.17, 15) is 4.79 Å². The lowest BCUT2D eigenvalue weighted by Crippen LogP contribution is -2.49. The smallest absolute Gasteiger partial charge is 0.239 e. The summed E-state index contributed by atoms with van der Waals surface area (Å²) < 4.78 is 0. The highest BCUT2D eigenvalue weighted by Crippen LogP contribution is 2.18. The number of hydrogen-bond acceptors (Lipinski definition) is 2. The van der Waals surface area contributed by atoms with Crippen molar-refractivity contribution in [2.24, 2.45) is 11.7 Å². The Morgan fingerprint density at radius 1 is 1.33 bits per heavy atom. The van der Waals surface area contributed by atoms with Gasteiger partial charge in [0.15, 0.2) is 0 Å². The number of amides is 1. The summed E-state index contributed by atoms with van der Waals surface area (Å²) in [6.45, 7) is 7.03. The molecule has 88 valence electrons. The Bertz CT molecular complexity index is 216. The summed E-state index contributed by atoms with van der Waals surface area (Å²) in [7, 11) is 0. The Morgan fingerprint density at radius 3 is 2.60 bits per heavy atom. The van der Waals surface area contributed by atoms with E-state index < -0.39 is 0 Å². The third-order valence-electron chi connectivity index (χ3n) is 3.34. The molecule has 3 heteroatoms. The molecule has 0 aromatic carbocycles. The maximum Gasteiger partial charge on any atom is 0.239 e. The summed E-state index contributed by atoms with van der Waals surface area (Å²) in [6.07, 6.45) is 4.73. The van der Waals surface area contributed by atoms with Crippen molar-refractivity contribution in [2.45, 2.75) is 58.5 Å². The van der Waals surface area contributed by atoms with E-state index in [1.807, 2.05) is 18.7 Å². The Morgan fingerprint density at radius 2 is 2.00 bits per heavy atom. The quantitative estimate of drug-likeness (QED) is 0.758. The molecule has 2 N–H and O–H groups in total. The van der Waals surface area contributed by atoms with Crippen molar-refractivity contribution in [2.75, 3.05) is 6.54 Å². The molecule has 0 aromatic heterocycles. The van der Waals surface area contributed by atoms with Gasteiger partial charge in [-0.05, 0) is 25.7 Å². The molecule has 0 spiro atoms. The number of hydrogen-bond donors (Lipinski definition) is 1. The highest BCUT2D eigenvalue weighted by molar-refractivity contribution is 5.82. The second-order valence-electron chi connectivity index (χ2n) is 5.00. The molecule has 2 atom stereocenters. The molecule has 1 rings (SSSR count). The highest BCUT2D eigenvalue weighted by atomic mass is 16.2. The maximum atomic E-state index is 12.1. The predicted molar refractivity (Wildman–Crippen MR) is 62.5 cm³/mol. The number of nitrogens with two attached hydrogens (primary N) is 1. The van der Waals surface area contributed by atoms with Crippen LogP contribution in [-0.2, 0) is 4.79 Å². The second-order valence-corrected chi connectivity index (χ2v) is 5.00. The summed E-state index contributed by atoms with van der Waals surface area (Å²) in [5.74, 6) is 0.368. The van der Waals surface area contributed by atoms with Crippen LogP contribution >= 0.6 is 0 Å². The number of carbonyl (C=O) groups is 1. The number of rotatable bonds is 2. The number of nitrogens with zero attached hydrogens (tertiary/aromatic N) is 1. The molecule has 1 aliphatic heterocycles. The van der Waals surface area contributed by atoms with Crippen LogP contribution in [0.4, 0.5) is 0 Å². The van der Waals surface area contributed by atoms with Gasteiger partial charge in [0.25, 0.3) is 0 Å². The van der Waals surface area contributed by atoms with E-state index in [0.29, 0.717) is 6.04 Å². The molecule has 0 radical (unpaired) electrons. The molecule has 0 bridgehead atoms. The predicted octanol–water partition coefficient (Wildman–Crippen LogP) is 1.76. The molecule has 1 aliphatic rings. The molecule has 1 saturated heterocycles. The molecule has 15 heavy (non-hydrogen) atoms. The van der Waals surface area contributed by atoms with Gasteiger partial charge in [-0.1, -0.05) is 26.7 Å². The van der Waals surface area contributed by atoms with Crippen LogP contribution in [-0.4, -0.2) is 29.4 Å². The van der Waals surface area contributed by atoms with Gasteiger partial charge in [-0.15, -0.1) is 0 Å². The van der Waals surface area contributed by atoms with Gasteiger partial charge in [-0.25, -0.2) is 0 Å². The first-order chi connectivity index (χ1) is 7.04. The summed E-state index contributed by atoms with van der Waals surface area (Å²) in [6, 6.07) is 0.0374. The summed E-state index contributed by atoms with van der Waals surface area (Å²) >= 11 is 0. The zero-order chi connectivity index (χ0) is 11.4. The van der Waals surface area contributed by atoms with Crippen LogP contribution in [0.25, 0.3) is 0 Å². The molecule has 0 aromatic rings. The average Bonchev–Trinajstić information content (AvgIpc) is 2.40. The largest absolute Gasteiger partial charge is 0.339 e. The summed E-state index contributed by atoms with van der Waals surface area (Å²) in [5.41, 5.74) is 5.91. The van der Waals surface area contributed by atoms with Crippen LogP contribution in [0.1, 0.15) is 46.5 Å². The van der Waals surface area contributed by atoms with E-state index in [0.717, 1.165) is 19.4 Å². The van der Waals surface area contributed by atoms with E-state index >= 15 is 0 Å². The van der Waals surface area contributed by atoms with Crippen LogP contribution < -0.4 is 5.73 Å². The van der Waals surface area contributed by atoms with Gasteiger partial charge < -0.3 is 10.6 Å². The summed E-state index contributed by atoms with van der Waals surface area (Å²) in [4.78, 5) is 14.1. The van der Waals surface area contributed by atoms with Gasteiger partial charge in [-0.3, -0.25) is 4.79 Å². The maximum absolute atomic E-state index is 12.1. The van der Waals surface area contributed by atoms with Crippen LogP contribution in [0.15, 0.2) is 0 Å². The van der Waals surface area contributed by atoms with Gasteiger partial charge in [-0.2, -0.15) is 0 Å². The van der Waals surface area contributed by atoms with E-state index in [1.165, 1.54) is 12.8 Å². The van der Waals surface area contributed by atoms with Crippen molar-refractivity contribution >= 4 is 5.91 Å². The van der Waals surface area contributed by atoms with E-state index in [1.54, 1.807) is 0 Å². The fourth-order valence-electron chi connectivity index (χ4n) is 2.08. The minimum absolute atomic E-state index is 0.138. The SMILES string of the molecule is CC(C)[C@@H](N)C(=O)N1CCCCCC1C. The van der Waals surface area contributed by atoms with Crippen molar-refractivity contribution in [1.82, 2.24) is 4.90 Å². The lowest BCUT2D eigenvalue weighted by atomic mass is 10.0. The first-order valence-corrected chi connectivity index (χ1v) is 6.10. The van der Waals surface area contributed by atoms with Gasteiger partial charge in [0, 0.05) is 12.6 Å². The zero-order valence-corrected chi connectivity index (χ0v) is 10.2. The molecule has 0 aliphatic carbocycles. The van der Waals surface area contributed by atoms with Crippen molar-refractivity contribution in [3.05, 3.63) is 0 Å². The standard InChI is InChI=1S/C12H24N2O/c1-9(2)11(13)12(15)14-8-6-4-5-7-10(14)3/h9-11H,4-8,13H2,1-3H3/t10?,11-/m1/s1.